The predicted octanol–water partition coefficient (Wildman–Crippen LogP) is 7.15. The molecule has 1 aliphatic rings. The number of carbonyl (C=O) groups is 1. The van der Waals surface area contributed by atoms with Crippen LogP contribution in [0.15, 0.2) is 30.3 Å². The Kier molecular flexibility index (Phi) is 9.69. The number of ether oxygens (including phenoxy) is 4. The second kappa shape index (κ2) is 12.0. The van der Waals surface area contributed by atoms with E-state index in [-0.39, 0.29) is 17.7 Å². The van der Waals surface area contributed by atoms with Gasteiger partial charge in [0.15, 0.2) is 19.8 Å². The molecule has 38 heavy (non-hydrogen) atoms. The first kappa shape index (κ1) is 30.6. The molecule has 1 saturated heterocycles. The molecule has 0 aliphatic carbocycles. The van der Waals surface area contributed by atoms with E-state index in [1.807, 2.05) is 12.1 Å². The number of benzene rings is 2. The zero-order valence-corrected chi connectivity index (χ0v) is 26.1. The van der Waals surface area contributed by atoms with Gasteiger partial charge in [-0.05, 0) is 60.8 Å². The van der Waals surface area contributed by atoms with Crippen molar-refractivity contribution in [2.24, 2.45) is 0 Å². The fourth-order valence-corrected chi connectivity index (χ4v) is 5.66. The Morgan fingerprint density at radius 2 is 1.66 bits per heavy atom. The number of nitrogens with zero attached hydrogens (tertiary/aromatic N) is 1. The third-order valence-corrected chi connectivity index (χ3v) is 12.9. The minimum atomic E-state index is -1.88. The monoisotopic (exact) mass is 583 g/mol. The maximum atomic E-state index is 13.6. The maximum Gasteiger partial charge on any atom is 0.256 e. The van der Waals surface area contributed by atoms with Gasteiger partial charge in [0.1, 0.15) is 12.3 Å². The van der Waals surface area contributed by atoms with Crippen LogP contribution >= 0.6 is 23.2 Å². The van der Waals surface area contributed by atoms with Crippen molar-refractivity contribution >= 4 is 37.4 Å². The Morgan fingerprint density at radius 3 is 2.18 bits per heavy atom. The molecule has 3 rings (SSSR count). The van der Waals surface area contributed by atoms with E-state index in [4.69, 9.17) is 46.6 Å². The van der Waals surface area contributed by atoms with Crippen molar-refractivity contribution in [1.82, 2.24) is 4.90 Å². The Hall–Kier alpha value is -1.97. The molecule has 0 radical (unpaired) electrons. The number of halogens is 2. The molecule has 210 valence electrons. The number of rotatable bonds is 10. The van der Waals surface area contributed by atoms with Gasteiger partial charge in [-0.15, -0.1) is 0 Å². The molecule has 1 fully saturated rings. The van der Waals surface area contributed by atoms with E-state index in [1.54, 1.807) is 23.1 Å². The lowest BCUT2D eigenvalue weighted by molar-refractivity contribution is -0.00866. The van der Waals surface area contributed by atoms with Gasteiger partial charge in [0.05, 0.1) is 37.9 Å². The molecule has 0 aromatic heterocycles. The average molecular weight is 585 g/mol. The van der Waals surface area contributed by atoms with Crippen molar-refractivity contribution in [3.63, 3.8) is 0 Å². The maximum absolute atomic E-state index is 13.6. The lowest BCUT2D eigenvalue weighted by Crippen LogP contribution is -2.41. The summed E-state index contributed by atoms with van der Waals surface area (Å²) in [7, 11) is 2.68. The molecule has 0 unspecified atom stereocenters. The molecule has 1 atom stereocenters. The fourth-order valence-electron chi connectivity index (χ4n) is 4.27. The summed E-state index contributed by atoms with van der Waals surface area (Å²) in [6.07, 6.45) is 1.41. The van der Waals surface area contributed by atoms with E-state index >= 15 is 0 Å². The van der Waals surface area contributed by atoms with Gasteiger partial charge in [0.25, 0.3) is 5.91 Å². The summed E-state index contributed by atoms with van der Waals surface area (Å²) >= 11 is 12.6. The summed E-state index contributed by atoms with van der Waals surface area (Å²) < 4.78 is 29.1. The third-order valence-electron chi connectivity index (χ3n) is 7.58. The number of carbonyl (C=O) groups excluding carboxylic acids is 1. The first-order valence-corrected chi connectivity index (χ1v) is 16.3. The first-order valence-electron chi connectivity index (χ1n) is 12.6. The quantitative estimate of drug-likeness (QED) is 0.218. The van der Waals surface area contributed by atoms with Crippen molar-refractivity contribution < 1.29 is 28.2 Å². The van der Waals surface area contributed by atoms with Crippen LogP contribution in [-0.2, 0) is 14.8 Å². The van der Waals surface area contributed by atoms with Crippen molar-refractivity contribution in [1.29, 1.82) is 0 Å². The number of hydrogen-bond donors (Lipinski definition) is 0. The van der Waals surface area contributed by atoms with Gasteiger partial charge in [0, 0.05) is 12.2 Å². The highest BCUT2D eigenvalue weighted by Gasteiger charge is 2.43. The minimum Gasteiger partial charge on any atom is -0.493 e. The van der Waals surface area contributed by atoms with Gasteiger partial charge in [-0.2, -0.15) is 0 Å². The Bertz CT molecular complexity index is 1130. The Morgan fingerprint density at radius 1 is 1.03 bits per heavy atom. The van der Waals surface area contributed by atoms with Crippen molar-refractivity contribution in [3.8, 4) is 17.2 Å². The standard InChI is InChI=1S/C28H39Cl2NO6Si/c1-27(2,3)38(7,8)37-13-9-12-28(20-10-11-21(29)22(30)16-20)17-31(18-36-28)26(32)19-14-23(33-4)25(35-6)24(15-19)34-5/h10-11,14-16H,9,12-13,17-18H2,1-8H3/t28-/m0/s1. The van der Waals surface area contributed by atoms with Gasteiger partial charge in [-0.25, -0.2) is 0 Å². The van der Waals surface area contributed by atoms with Gasteiger partial charge in [0.2, 0.25) is 5.75 Å². The molecule has 0 bridgehead atoms. The van der Waals surface area contributed by atoms with Crippen LogP contribution in [0, 0.1) is 0 Å². The lowest BCUT2D eigenvalue weighted by atomic mass is 9.89. The summed E-state index contributed by atoms with van der Waals surface area (Å²) in [5, 5.41) is 1.04. The molecule has 10 heteroatoms. The molecule has 0 saturated carbocycles. The molecule has 1 amide bonds. The molecule has 2 aromatic rings. The van der Waals surface area contributed by atoms with Gasteiger partial charge in [-0.3, -0.25) is 4.79 Å². The summed E-state index contributed by atoms with van der Waals surface area (Å²) in [5.41, 5.74) is 0.537. The molecule has 2 aromatic carbocycles. The highest BCUT2D eigenvalue weighted by Crippen LogP contribution is 2.42. The van der Waals surface area contributed by atoms with Crippen LogP contribution in [0.3, 0.4) is 0 Å². The van der Waals surface area contributed by atoms with Crippen LogP contribution in [0.25, 0.3) is 0 Å². The van der Waals surface area contributed by atoms with E-state index in [1.165, 1.54) is 21.3 Å². The molecule has 1 aliphatic heterocycles. The summed E-state index contributed by atoms with van der Waals surface area (Å²) in [5.74, 6) is 1.04. The summed E-state index contributed by atoms with van der Waals surface area (Å²) in [6.45, 7) is 12.2. The third kappa shape index (κ3) is 6.42. The normalized spacial score (nSPS) is 18.0. The summed E-state index contributed by atoms with van der Waals surface area (Å²) in [4.78, 5) is 15.3. The van der Waals surface area contributed by atoms with Crippen LogP contribution in [0.5, 0.6) is 17.2 Å². The number of hydrogen-bond acceptors (Lipinski definition) is 6. The largest absolute Gasteiger partial charge is 0.493 e. The SMILES string of the molecule is COc1cc(C(=O)N2CO[C@](CCCO[Si](C)(C)C(C)(C)C)(c3ccc(Cl)c(Cl)c3)C2)cc(OC)c1OC. The first-order chi connectivity index (χ1) is 17.8. The second-order valence-electron chi connectivity index (χ2n) is 11.0. The van der Waals surface area contributed by atoms with E-state index in [0.717, 1.165) is 12.0 Å². The molecule has 0 spiro atoms. The lowest BCUT2D eigenvalue weighted by Gasteiger charge is -2.36. The molecular weight excluding hydrogens is 545 g/mol. The highest BCUT2D eigenvalue weighted by molar-refractivity contribution is 6.74. The number of amides is 1. The van der Waals surface area contributed by atoms with E-state index in [9.17, 15) is 4.79 Å². The van der Waals surface area contributed by atoms with Crippen LogP contribution in [0.1, 0.15) is 49.5 Å². The Balaban J connectivity index is 1.86. The van der Waals surface area contributed by atoms with Crippen molar-refractivity contribution in [3.05, 3.63) is 51.5 Å². The smallest absolute Gasteiger partial charge is 0.256 e. The topological polar surface area (TPSA) is 66.5 Å². The van der Waals surface area contributed by atoms with E-state index in [0.29, 0.717) is 52.4 Å². The molecule has 1 heterocycles. The van der Waals surface area contributed by atoms with Crippen molar-refractivity contribution in [2.45, 2.75) is 57.3 Å². The molecule has 0 N–H and O–H groups in total. The van der Waals surface area contributed by atoms with E-state index < -0.39 is 13.9 Å². The fraction of sp³-hybridized carbons (Fsp3) is 0.536. The zero-order chi connectivity index (χ0) is 28.3. The van der Waals surface area contributed by atoms with Gasteiger partial charge >= 0.3 is 0 Å². The Labute approximate surface area is 237 Å². The average Bonchev–Trinajstić information content (AvgIpc) is 3.31. The van der Waals surface area contributed by atoms with Crippen LogP contribution in [0.2, 0.25) is 28.2 Å². The van der Waals surface area contributed by atoms with Crippen molar-refractivity contribution in [2.75, 3.05) is 41.2 Å². The highest BCUT2D eigenvalue weighted by atomic mass is 35.5. The minimum absolute atomic E-state index is 0.124. The summed E-state index contributed by atoms with van der Waals surface area (Å²) in [6, 6.07) is 8.80. The second-order valence-corrected chi connectivity index (χ2v) is 16.6. The number of methoxy groups -OCH3 is 3. The van der Waals surface area contributed by atoms with E-state index in [2.05, 4.69) is 33.9 Å². The van der Waals surface area contributed by atoms with Gasteiger partial charge in [-0.1, -0.05) is 50.0 Å². The zero-order valence-electron chi connectivity index (χ0n) is 23.6. The molecule has 7 nitrogen and oxygen atoms in total. The van der Waals surface area contributed by atoms with Crippen LogP contribution < -0.4 is 14.2 Å². The predicted molar refractivity (Wildman–Crippen MR) is 154 cm³/mol. The molecular formula is C28H39Cl2NO6Si. The van der Waals surface area contributed by atoms with Gasteiger partial charge < -0.3 is 28.3 Å². The van der Waals surface area contributed by atoms with Crippen LogP contribution in [-0.4, -0.2) is 60.3 Å². The van der Waals surface area contributed by atoms with Crippen LogP contribution in [0.4, 0.5) is 0 Å².